The van der Waals surface area contributed by atoms with Crippen molar-refractivity contribution < 1.29 is 9.53 Å². The van der Waals surface area contributed by atoms with Crippen LogP contribution in [0.15, 0.2) is 60.8 Å². The predicted molar refractivity (Wildman–Crippen MR) is 108 cm³/mol. The lowest BCUT2D eigenvalue weighted by atomic mass is 10.1. The van der Waals surface area contributed by atoms with Crippen LogP contribution in [0.25, 0.3) is 0 Å². The second kappa shape index (κ2) is 8.23. The van der Waals surface area contributed by atoms with E-state index in [9.17, 15) is 4.79 Å². The zero-order chi connectivity index (χ0) is 19.2. The quantitative estimate of drug-likeness (QED) is 0.620. The molecule has 0 radical (unpaired) electrons. The van der Waals surface area contributed by atoms with Gasteiger partial charge in [-0.2, -0.15) is 0 Å². The third-order valence-electron chi connectivity index (χ3n) is 4.09. The standard InChI is InChI=1S/C21H22N4O2/c1-14-8-9-17(19(11-14)27-2)21(26)25-16-6-3-5-15(12-16)13-24-20-18(22)7-4-10-23-20/h3-12H,13,22H2,1-2H3,(H,23,24)(H,25,26). The van der Waals surface area contributed by atoms with Gasteiger partial charge in [-0.15, -0.1) is 0 Å². The smallest absolute Gasteiger partial charge is 0.259 e. The van der Waals surface area contributed by atoms with Gasteiger partial charge < -0.3 is 21.1 Å². The summed E-state index contributed by atoms with van der Waals surface area (Å²) in [7, 11) is 1.56. The van der Waals surface area contributed by atoms with Gasteiger partial charge in [-0.3, -0.25) is 4.79 Å². The molecule has 0 saturated heterocycles. The van der Waals surface area contributed by atoms with E-state index in [1.54, 1.807) is 31.5 Å². The number of methoxy groups -OCH3 is 1. The van der Waals surface area contributed by atoms with Gasteiger partial charge in [0.05, 0.1) is 18.4 Å². The molecule has 0 atom stereocenters. The summed E-state index contributed by atoms with van der Waals surface area (Å²) in [6.45, 7) is 2.49. The van der Waals surface area contributed by atoms with E-state index in [0.717, 1.165) is 11.1 Å². The van der Waals surface area contributed by atoms with E-state index in [1.165, 1.54) is 0 Å². The van der Waals surface area contributed by atoms with E-state index < -0.39 is 0 Å². The number of carbonyl (C=O) groups is 1. The monoisotopic (exact) mass is 362 g/mol. The van der Waals surface area contributed by atoms with Gasteiger partial charge in [0.25, 0.3) is 5.91 Å². The van der Waals surface area contributed by atoms with Crippen LogP contribution < -0.4 is 21.1 Å². The number of hydrogen-bond donors (Lipinski definition) is 3. The molecule has 1 heterocycles. The Balaban J connectivity index is 1.70. The summed E-state index contributed by atoms with van der Waals surface area (Å²) >= 11 is 0. The number of nitrogens with two attached hydrogens (primary N) is 1. The summed E-state index contributed by atoms with van der Waals surface area (Å²) in [5, 5.41) is 6.11. The molecule has 0 fully saturated rings. The summed E-state index contributed by atoms with van der Waals surface area (Å²) in [5.41, 5.74) is 9.70. The van der Waals surface area contributed by atoms with Crippen molar-refractivity contribution in [3.05, 3.63) is 77.5 Å². The zero-order valence-corrected chi connectivity index (χ0v) is 15.3. The van der Waals surface area contributed by atoms with Crippen molar-refractivity contribution in [1.82, 2.24) is 4.98 Å². The van der Waals surface area contributed by atoms with Crippen LogP contribution in [0.2, 0.25) is 0 Å². The van der Waals surface area contributed by atoms with Crippen molar-refractivity contribution in [2.24, 2.45) is 0 Å². The SMILES string of the molecule is COc1cc(C)ccc1C(=O)Nc1cccc(CNc2ncccc2N)c1. The predicted octanol–water partition coefficient (Wildman–Crippen LogP) is 3.85. The van der Waals surface area contributed by atoms with Gasteiger partial charge in [0.2, 0.25) is 0 Å². The number of aromatic nitrogens is 1. The number of anilines is 3. The first-order valence-electron chi connectivity index (χ1n) is 8.56. The summed E-state index contributed by atoms with van der Waals surface area (Å²) < 4.78 is 5.32. The summed E-state index contributed by atoms with van der Waals surface area (Å²) in [4.78, 5) is 16.8. The van der Waals surface area contributed by atoms with Gasteiger partial charge in [-0.05, 0) is 54.4 Å². The first-order chi connectivity index (χ1) is 13.1. The number of nitrogens with zero attached hydrogens (tertiary/aromatic N) is 1. The van der Waals surface area contributed by atoms with E-state index in [0.29, 0.717) is 35.1 Å². The van der Waals surface area contributed by atoms with Crippen molar-refractivity contribution in [2.45, 2.75) is 13.5 Å². The summed E-state index contributed by atoms with van der Waals surface area (Å²) in [6.07, 6.45) is 1.68. The molecule has 0 aliphatic heterocycles. The molecule has 6 heteroatoms. The van der Waals surface area contributed by atoms with Crippen molar-refractivity contribution in [3.8, 4) is 5.75 Å². The Morgan fingerprint density at radius 2 is 2.00 bits per heavy atom. The minimum atomic E-state index is -0.217. The second-order valence-electron chi connectivity index (χ2n) is 6.15. The van der Waals surface area contributed by atoms with Crippen LogP contribution in [0, 0.1) is 6.92 Å². The molecule has 138 valence electrons. The Morgan fingerprint density at radius 3 is 2.78 bits per heavy atom. The van der Waals surface area contributed by atoms with Crippen molar-refractivity contribution in [2.75, 3.05) is 23.5 Å². The highest BCUT2D eigenvalue weighted by molar-refractivity contribution is 6.06. The van der Waals surface area contributed by atoms with Crippen LogP contribution in [0.1, 0.15) is 21.5 Å². The summed E-state index contributed by atoms with van der Waals surface area (Å²) in [5.74, 6) is 0.971. The van der Waals surface area contributed by atoms with Gasteiger partial charge in [-0.25, -0.2) is 4.98 Å². The molecule has 0 saturated carbocycles. The van der Waals surface area contributed by atoms with Gasteiger partial charge in [0.1, 0.15) is 11.6 Å². The lowest BCUT2D eigenvalue weighted by Gasteiger charge is -2.12. The maximum atomic E-state index is 12.6. The third kappa shape index (κ3) is 4.55. The normalized spacial score (nSPS) is 10.3. The highest BCUT2D eigenvalue weighted by atomic mass is 16.5. The molecule has 1 amide bonds. The second-order valence-corrected chi connectivity index (χ2v) is 6.15. The van der Waals surface area contributed by atoms with Crippen LogP contribution in [0.3, 0.4) is 0 Å². The molecule has 3 rings (SSSR count). The number of nitrogens with one attached hydrogen (secondary N) is 2. The van der Waals surface area contributed by atoms with E-state index >= 15 is 0 Å². The molecule has 27 heavy (non-hydrogen) atoms. The number of hydrogen-bond acceptors (Lipinski definition) is 5. The van der Waals surface area contributed by atoms with Crippen molar-refractivity contribution in [3.63, 3.8) is 0 Å². The van der Waals surface area contributed by atoms with Gasteiger partial charge in [0, 0.05) is 18.4 Å². The average molecular weight is 362 g/mol. The highest BCUT2D eigenvalue weighted by Crippen LogP contribution is 2.22. The maximum absolute atomic E-state index is 12.6. The first-order valence-corrected chi connectivity index (χ1v) is 8.56. The molecule has 0 aliphatic carbocycles. The lowest BCUT2D eigenvalue weighted by molar-refractivity contribution is 0.102. The minimum absolute atomic E-state index is 0.217. The Bertz CT molecular complexity index is 956. The van der Waals surface area contributed by atoms with Crippen LogP contribution >= 0.6 is 0 Å². The molecule has 0 spiro atoms. The largest absolute Gasteiger partial charge is 0.496 e. The topological polar surface area (TPSA) is 89.3 Å². The van der Waals surface area contributed by atoms with E-state index in [4.69, 9.17) is 10.5 Å². The zero-order valence-electron chi connectivity index (χ0n) is 15.3. The number of amides is 1. The number of nitrogen functional groups attached to an aromatic ring is 1. The number of ether oxygens (including phenoxy) is 1. The summed E-state index contributed by atoms with van der Waals surface area (Å²) in [6, 6.07) is 16.7. The average Bonchev–Trinajstić information content (AvgIpc) is 2.67. The Hall–Kier alpha value is -3.54. The van der Waals surface area contributed by atoms with Crippen LogP contribution in [0.4, 0.5) is 17.2 Å². The molecule has 0 unspecified atom stereocenters. The molecule has 1 aromatic heterocycles. The lowest BCUT2D eigenvalue weighted by Crippen LogP contribution is -2.13. The number of benzene rings is 2. The number of rotatable bonds is 6. The minimum Gasteiger partial charge on any atom is -0.496 e. The Labute approximate surface area is 158 Å². The molecule has 4 N–H and O–H groups in total. The van der Waals surface area contributed by atoms with E-state index in [1.807, 2.05) is 43.3 Å². The van der Waals surface area contributed by atoms with E-state index in [2.05, 4.69) is 15.6 Å². The number of carbonyl (C=O) groups excluding carboxylic acids is 1. The number of aryl methyl sites for hydroxylation is 1. The fourth-order valence-corrected chi connectivity index (χ4v) is 2.69. The van der Waals surface area contributed by atoms with Gasteiger partial charge in [-0.1, -0.05) is 18.2 Å². The van der Waals surface area contributed by atoms with Crippen LogP contribution in [-0.2, 0) is 6.54 Å². The molecule has 6 nitrogen and oxygen atoms in total. The highest BCUT2D eigenvalue weighted by Gasteiger charge is 2.12. The molecule has 3 aromatic rings. The maximum Gasteiger partial charge on any atom is 0.259 e. The Morgan fingerprint density at radius 1 is 1.15 bits per heavy atom. The molecule has 0 bridgehead atoms. The fourth-order valence-electron chi connectivity index (χ4n) is 2.69. The molecular weight excluding hydrogens is 340 g/mol. The first kappa shape index (κ1) is 18.3. The molecule has 2 aromatic carbocycles. The Kier molecular flexibility index (Phi) is 5.56. The number of pyridine rings is 1. The van der Waals surface area contributed by atoms with Crippen LogP contribution in [-0.4, -0.2) is 18.0 Å². The van der Waals surface area contributed by atoms with Gasteiger partial charge in [0.15, 0.2) is 0 Å². The van der Waals surface area contributed by atoms with Crippen molar-refractivity contribution >= 4 is 23.1 Å². The third-order valence-corrected chi connectivity index (χ3v) is 4.09. The van der Waals surface area contributed by atoms with Crippen LogP contribution in [0.5, 0.6) is 5.75 Å². The molecular formula is C21H22N4O2. The fraction of sp³-hybridized carbons (Fsp3) is 0.143. The molecule has 0 aliphatic rings. The van der Waals surface area contributed by atoms with E-state index in [-0.39, 0.29) is 5.91 Å². The van der Waals surface area contributed by atoms with Crippen molar-refractivity contribution in [1.29, 1.82) is 0 Å². The van der Waals surface area contributed by atoms with Gasteiger partial charge >= 0.3 is 0 Å².